The molecule has 5 nitrogen and oxygen atoms in total. The molecular formula is C25H34N2O3. The lowest BCUT2D eigenvalue weighted by molar-refractivity contribution is -0.156. The molecule has 1 aromatic carbocycles. The van der Waals surface area contributed by atoms with Crippen LogP contribution in [-0.4, -0.2) is 53.9 Å². The molecule has 2 amide bonds. The number of nitrogens with zero attached hydrogens (tertiary/aromatic N) is 2. The second-order valence-electron chi connectivity index (χ2n) is 9.94. The van der Waals surface area contributed by atoms with Crippen LogP contribution in [0.15, 0.2) is 24.3 Å². The Morgan fingerprint density at radius 1 is 1.13 bits per heavy atom. The van der Waals surface area contributed by atoms with E-state index in [2.05, 4.69) is 21.9 Å². The first-order valence-corrected chi connectivity index (χ1v) is 11.8. The Morgan fingerprint density at radius 3 is 2.73 bits per heavy atom. The molecule has 1 aliphatic carbocycles. The molecule has 3 saturated heterocycles. The van der Waals surface area contributed by atoms with E-state index in [0.29, 0.717) is 42.0 Å². The van der Waals surface area contributed by atoms with Gasteiger partial charge in [-0.1, -0.05) is 18.6 Å². The molecular weight excluding hydrogens is 376 g/mol. The minimum Gasteiger partial charge on any atom is -0.497 e. The summed E-state index contributed by atoms with van der Waals surface area (Å²) in [4.78, 5) is 30.5. The molecule has 0 radical (unpaired) electrons. The lowest BCUT2D eigenvalue weighted by Crippen LogP contribution is -2.66. The van der Waals surface area contributed by atoms with Crippen molar-refractivity contribution in [1.82, 2.24) is 9.80 Å². The quantitative estimate of drug-likeness (QED) is 0.744. The van der Waals surface area contributed by atoms with Gasteiger partial charge in [0.15, 0.2) is 0 Å². The molecule has 162 valence electrons. The average molecular weight is 411 g/mol. The molecule has 30 heavy (non-hydrogen) atoms. The van der Waals surface area contributed by atoms with Gasteiger partial charge in [0, 0.05) is 38.0 Å². The fourth-order valence-corrected chi connectivity index (χ4v) is 6.36. The predicted octanol–water partition coefficient (Wildman–Crippen LogP) is 3.66. The van der Waals surface area contributed by atoms with Gasteiger partial charge >= 0.3 is 0 Å². The van der Waals surface area contributed by atoms with E-state index < -0.39 is 0 Å². The summed E-state index contributed by atoms with van der Waals surface area (Å²) >= 11 is 0. The number of amides is 2. The van der Waals surface area contributed by atoms with Crippen LogP contribution in [0.4, 0.5) is 0 Å². The Kier molecular flexibility index (Phi) is 5.46. The van der Waals surface area contributed by atoms with Crippen molar-refractivity contribution in [3.05, 3.63) is 29.8 Å². The lowest BCUT2D eigenvalue weighted by atomic mass is 9.70. The molecule has 3 aliphatic heterocycles. The van der Waals surface area contributed by atoms with Crippen molar-refractivity contribution in [3.63, 3.8) is 0 Å². The predicted molar refractivity (Wildman–Crippen MR) is 115 cm³/mol. The van der Waals surface area contributed by atoms with Crippen molar-refractivity contribution in [2.24, 2.45) is 17.8 Å². The first-order valence-electron chi connectivity index (χ1n) is 11.8. The van der Waals surface area contributed by atoms with Crippen LogP contribution in [0.3, 0.4) is 0 Å². The van der Waals surface area contributed by atoms with E-state index in [1.54, 1.807) is 7.11 Å². The second-order valence-corrected chi connectivity index (χ2v) is 9.94. The average Bonchev–Trinajstić information content (AvgIpc) is 2.73. The van der Waals surface area contributed by atoms with Crippen molar-refractivity contribution < 1.29 is 14.3 Å². The zero-order chi connectivity index (χ0) is 20.7. The maximum absolute atomic E-state index is 13.0. The smallest absolute Gasteiger partial charge is 0.223 e. The maximum atomic E-state index is 13.0. The Balaban J connectivity index is 1.38. The normalized spacial score (nSPS) is 31.2. The van der Waals surface area contributed by atoms with E-state index in [4.69, 9.17) is 4.74 Å². The number of benzene rings is 1. The molecule has 0 N–H and O–H groups in total. The molecule has 1 saturated carbocycles. The molecule has 4 atom stereocenters. The number of rotatable bonds is 5. The lowest BCUT2D eigenvalue weighted by Gasteiger charge is -2.57. The van der Waals surface area contributed by atoms with E-state index in [1.165, 1.54) is 24.8 Å². The highest BCUT2D eigenvalue weighted by Gasteiger charge is 2.50. The SMILES string of the molecule is COc1cccc(C[C@H]2[C@H]3C[C@H](CN(C(=O)CC4CCC4)C3)[C@@H]3CCCC(=O)N32)c1. The topological polar surface area (TPSA) is 49.9 Å². The Morgan fingerprint density at radius 2 is 1.97 bits per heavy atom. The number of carbonyl (C=O) groups excluding carboxylic acids is 2. The summed E-state index contributed by atoms with van der Waals surface area (Å²) < 4.78 is 5.42. The zero-order valence-corrected chi connectivity index (χ0v) is 18.1. The van der Waals surface area contributed by atoms with Crippen LogP contribution in [0.5, 0.6) is 5.75 Å². The summed E-state index contributed by atoms with van der Waals surface area (Å²) in [6.45, 7) is 1.66. The summed E-state index contributed by atoms with van der Waals surface area (Å²) in [5.41, 5.74) is 1.22. The van der Waals surface area contributed by atoms with E-state index in [9.17, 15) is 9.59 Å². The van der Waals surface area contributed by atoms with Gasteiger partial charge in [-0.25, -0.2) is 0 Å². The van der Waals surface area contributed by atoms with Crippen molar-refractivity contribution in [3.8, 4) is 5.75 Å². The molecule has 0 aromatic heterocycles. The van der Waals surface area contributed by atoms with E-state index in [0.717, 1.165) is 50.9 Å². The molecule has 2 bridgehead atoms. The van der Waals surface area contributed by atoms with Crippen LogP contribution in [0.1, 0.15) is 56.9 Å². The number of piperidine rings is 3. The highest BCUT2D eigenvalue weighted by Crippen LogP contribution is 2.43. The monoisotopic (exact) mass is 410 g/mol. The third-order valence-electron chi connectivity index (χ3n) is 8.12. The number of methoxy groups -OCH3 is 1. The Hall–Kier alpha value is -2.04. The van der Waals surface area contributed by atoms with E-state index in [-0.39, 0.29) is 6.04 Å². The van der Waals surface area contributed by atoms with Gasteiger partial charge in [-0.15, -0.1) is 0 Å². The van der Waals surface area contributed by atoms with Crippen LogP contribution in [0, 0.1) is 17.8 Å². The van der Waals surface area contributed by atoms with Gasteiger partial charge in [-0.3, -0.25) is 9.59 Å². The molecule has 0 unspecified atom stereocenters. The summed E-state index contributed by atoms with van der Waals surface area (Å²) in [5.74, 6) is 2.97. The van der Waals surface area contributed by atoms with Gasteiger partial charge in [0.1, 0.15) is 5.75 Å². The molecule has 3 heterocycles. The fraction of sp³-hybridized carbons (Fsp3) is 0.680. The molecule has 5 rings (SSSR count). The first-order chi connectivity index (χ1) is 14.6. The fourth-order valence-electron chi connectivity index (χ4n) is 6.36. The molecule has 0 spiro atoms. The third-order valence-corrected chi connectivity index (χ3v) is 8.12. The van der Waals surface area contributed by atoms with Gasteiger partial charge < -0.3 is 14.5 Å². The van der Waals surface area contributed by atoms with Gasteiger partial charge in [0.05, 0.1) is 7.11 Å². The minimum absolute atomic E-state index is 0.186. The number of likely N-dealkylation sites (tertiary alicyclic amines) is 1. The minimum atomic E-state index is 0.186. The highest BCUT2D eigenvalue weighted by atomic mass is 16.5. The van der Waals surface area contributed by atoms with E-state index >= 15 is 0 Å². The van der Waals surface area contributed by atoms with Gasteiger partial charge in [-0.05, 0) is 74.0 Å². The number of hydrogen-bond donors (Lipinski definition) is 0. The van der Waals surface area contributed by atoms with Gasteiger partial charge in [0.2, 0.25) is 11.8 Å². The highest BCUT2D eigenvalue weighted by molar-refractivity contribution is 5.79. The maximum Gasteiger partial charge on any atom is 0.223 e. The van der Waals surface area contributed by atoms with Crippen molar-refractivity contribution in [2.45, 2.75) is 69.9 Å². The van der Waals surface area contributed by atoms with Crippen LogP contribution < -0.4 is 4.74 Å². The van der Waals surface area contributed by atoms with Crippen LogP contribution in [-0.2, 0) is 16.0 Å². The molecule has 5 heteroatoms. The Labute approximate surface area is 179 Å². The molecule has 4 fully saturated rings. The first kappa shape index (κ1) is 19.9. The Bertz CT molecular complexity index is 805. The third kappa shape index (κ3) is 3.72. The summed E-state index contributed by atoms with van der Waals surface area (Å²) in [7, 11) is 1.70. The number of fused-ring (bicyclic) bond motifs is 4. The number of hydrogen-bond acceptors (Lipinski definition) is 3. The van der Waals surface area contributed by atoms with Crippen molar-refractivity contribution in [1.29, 1.82) is 0 Å². The largest absolute Gasteiger partial charge is 0.497 e. The standard InChI is InChI=1S/C25H34N2O3/c1-30-21-8-3-7-18(11-21)12-23-20-14-19(22-9-4-10-24(28)27(22)23)15-26(16-20)25(29)13-17-5-2-6-17/h3,7-8,11,17,19-20,22-23H,2,4-6,9-10,12-16H2,1H3/t19-,20+,22+,23+/m1/s1. The molecule has 4 aliphatic rings. The van der Waals surface area contributed by atoms with Gasteiger partial charge in [0.25, 0.3) is 0 Å². The number of carbonyl (C=O) groups is 2. The van der Waals surface area contributed by atoms with Crippen LogP contribution in [0.2, 0.25) is 0 Å². The number of ether oxygens (including phenoxy) is 1. The van der Waals surface area contributed by atoms with Crippen molar-refractivity contribution >= 4 is 11.8 Å². The summed E-state index contributed by atoms with van der Waals surface area (Å²) in [6, 6.07) is 8.72. The summed E-state index contributed by atoms with van der Waals surface area (Å²) in [6.07, 6.45) is 9.20. The summed E-state index contributed by atoms with van der Waals surface area (Å²) in [5, 5.41) is 0. The second kappa shape index (κ2) is 8.24. The zero-order valence-electron chi connectivity index (χ0n) is 18.1. The van der Waals surface area contributed by atoms with Gasteiger partial charge in [-0.2, -0.15) is 0 Å². The van der Waals surface area contributed by atoms with Crippen molar-refractivity contribution in [2.75, 3.05) is 20.2 Å². The van der Waals surface area contributed by atoms with E-state index in [1.807, 2.05) is 12.1 Å². The van der Waals surface area contributed by atoms with Crippen LogP contribution >= 0.6 is 0 Å². The van der Waals surface area contributed by atoms with Crippen LogP contribution in [0.25, 0.3) is 0 Å². The molecule has 1 aromatic rings.